The van der Waals surface area contributed by atoms with Crippen molar-refractivity contribution in [3.63, 3.8) is 0 Å². The molecule has 0 spiro atoms. The van der Waals surface area contributed by atoms with Crippen LogP contribution >= 0.6 is 0 Å². The molecule has 0 radical (unpaired) electrons. The highest BCUT2D eigenvalue weighted by molar-refractivity contribution is 5.47. The fraction of sp³-hybridized carbons (Fsp3) is 0.692. The third-order valence-electron chi connectivity index (χ3n) is 3.96. The molecule has 19 heavy (non-hydrogen) atoms. The van der Waals surface area contributed by atoms with Gasteiger partial charge >= 0.3 is 0 Å². The molecule has 0 bridgehead atoms. The summed E-state index contributed by atoms with van der Waals surface area (Å²) in [6.07, 6.45) is 2.61. The van der Waals surface area contributed by atoms with E-state index in [0.29, 0.717) is 24.3 Å². The second-order valence-electron chi connectivity index (χ2n) is 5.28. The molecule has 0 aromatic carbocycles. The molecule has 6 heteroatoms. The van der Waals surface area contributed by atoms with Gasteiger partial charge in [-0.1, -0.05) is 0 Å². The van der Waals surface area contributed by atoms with Crippen LogP contribution in [0.15, 0.2) is 6.07 Å². The molecule has 1 atom stereocenters. The van der Waals surface area contributed by atoms with E-state index in [1.807, 2.05) is 6.07 Å². The first-order valence-electron chi connectivity index (χ1n) is 6.87. The first kappa shape index (κ1) is 12.6. The predicted octanol–water partition coefficient (Wildman–Crippen LogP) is 0.490. The number of nitrogens with zero attached hydrogens (tertiary/aromatic N) is 4. The Bertz CT molecular complexity index is 453. The van der Waals surface area contributed by atoms with Crippen molar-refractivity contribution < 1.29 is 4.74 Å². The predicted molar refractivity (Wildman–Crippen MR) is 74.0 cm³/mol. The van der Waals surface area contributed by atoms with Crippen LogP contribution in [0.1, 0.15) is 18.7 Å². The van der Waals surface area contributed by atoms with Gasteiger partial charge in [-0.25, -0.2) is 9.97 Å². The molecule has 0 amide bonds. The van der Waals surface area contributed by atoms with Gasteiger partial charge in [-0.2, -0.15) is 0 Å². The summed E-state index contributed by atoms with van der Waals surface area (Å²) < 4.78 is 5.09. The van der Waals surface area contributed by atoms with Crippen molar-refractivity contribution in [2.24, 2.45) is 0 Å². The number of nitrogen functional groups attached to an aromatic ring is 1. The van der Waals surface area contributed by atoms with E-state index in [0.717, 1.165) is 25.5 Å². The van der Waals surface area contributed by atoms with Gasteiger partial charge in [0, 0.05) is 38.9 Å². The van der Waals surface area contributed by atoms with Crippen LogP contribution in [0.4, 0.5) is 11.6 Å². The maximum Gasteiger partial charge on any atom is 0.158 e. The number of rotatable bonds is 3. The Morgan fingerprint density at radius 1 is 1.37 bits per heavy atom. The first-order chi connectivity index (χ1) is 9.26. The SMILES string of the molecule is COCc1nc(N)cc(N2CCN3CCCC3C2)n1. The van der Waals surface area contributed by atoms with Crippen LogP contribution < -0.4 is 10.6 Å². The van der Waals surface area contributed by atoms with Crippen LogP contribution in [0.25, 0.3) is 0 Å². The summed E-state index contributed by atoms with van der Waals surface area (Å²) in [4.78, 5) is 13.6. The largest absolute Gasteiger partial charge is 0.384 e. The Hall–Kier alpha value is -1.40. The van der Waals surface area contributed by atoms with Crippen molar-refractivity contribution in [3.8, 4) is 0 Å². The molecule has 2 N–H and O–H groups in total. The Kier molecular flexibility index (Phi) is 3.52. The second-order valence-corrected chi connectivity index (χ2v) is 5.28. The van der Waals surface area contributed by atoms with Crippen molar-refractivity contribution in [2.45, 2.75) is 25.5 Å². The second kappa shape index (κ2) is 5.30. The van der Waals surface area contributed by atoms with Gasteiger partial charge in [-0.3, -0.25) is 4.90 Å². The third kappa shape index (κ3) is 2.64. The van der Waals surface area contributed by atoms with Gasteiger partial charge in [0.15, 0.2) is 5.82 Å². The van der Waals surface area contributed by atoms with Gasteiger partial charge in [-0.05, 0) is 19.4 Å². The van der Waals surface area contributed by atoms with Crippen molar-refractivity contribution >= 4 is 11.6 Å². The lowest BCUT2D eigenvalue weighted by Gasteiger charge is -2.38. The molecule has 2 aliphatic rings. The van der Waals surface area contributed by atoms with E-state index in [1.165, 1.54) is 19.4 Å². The minimum Gasteiger partial charge on any atom is -0.384 e. The summed E-state index contributed by atoms with van der Waals surface area (Å²) in [6.45, 7) is 4.83. The van der Waals surface area contributed by atoms with Gasteiger partial charge in [0.25, 0.3) is 0 Å². The minimum atomic E-state index is 0.404. The minimum absolute atomic E-state index is 0.404. The zero-order valence-corrected chi connectivity index (χ0v) is 11.4. The van der Waals surface area contributed by atoms with E-state index in [-0.39, 0.29) is 0 Å². The number of hydrogen-bond donors (Lipinski definition) is 1. The average Bonchev–Trinajstić information content (AvgIpc) is 2.85. The van der Waals surface area contributed by atoms with Crippen molar-refractivity contribution in [1.29, 1.82) is 0 Å². The molecule has 0 saturated carbocycles. The Morgan fingerprint density at radius 2 is 2.26 bits per heavy atom. The zero-order chi connectivity index (χ0) is 13.2. The first-order valence-corrected chi connectivity index (χ1v) is 6.87. The highest BCUT2D eigenvalue weighted by Gasteiger charge is 2.31. The molecule has 0 aliphatic carbocycles. The smallest absolute Gasteiger partial charge is 0.158 e. The number of methoxy groups -OCH3 is 1. The van der Waals surface area contributed by atoms with E-state index >= 15 is 0 Å². The number of nitrogens with two attached hydrogens (primary N) is 1. The maximum absolute atomic E-state index is 5.86. The molecule has 2 aliphatic heterocycles. The summed E-state index contributed by atoms with van der Waals surface area (Å²) in [5.74, 6) is 2.11. The number of piperazine rings is 1. The average molecular weight is 263 g/mol. The maximum atomic E-state index is 5.86. The van der Waals surface area contributed by atoms with Gasteiger partial charge in [0.05, 0.1) is 0 Å². The normalized spacial score (nSPS) is 23.6. The monoisotopic (exact) mass is 263 g/mol. The molecule has 104 valence electrons. The van der Waals surface area contributed by atoms with Crippen LogP contribution in [0.5, 0.6) is 0 Å². The molecule has 3 heterocycles. The molecule has 6 nitrogen and oxygen atoms in total. The molecule has 1 unspecified atom stereocenters. The number of aromatic nitrogens is 2. The zero-order valence-electron chi connectivity index (χ0n) is 11.4. The fourth-order valence-electron chi connectivity index (χ4n) is 3.06. The molecule has 3 rings (SSSR count). The number of ether oxygens (including phenoxy) is 1. The lowest BCUT2D eigenvalue weighted by Crippen LogP contribution is -2.50. The Labute approximate surface area is 113 Å². The molecule has 1 aromatic rings. The topological polar surface area (TPSA) is 67.5 Å². The molecule has 2 saturated heterocycles. The molecule has 1 aromatic heterocycles. The fourth-order valence-corrected chi connectivity index (χ4v) is 3.06. The van der Waals surface area contributed by atoms with Crippen molar-refractivity contribution in [2.75, 3.05) is 43.9 Å². The highest BCUT2D eigenvalue weighted by Crippen LogP contribution is 2.25. The Balaban J connectivity index is 1.77. The van der Waals surface area contributed by atoms with E-state index < -0.39 is 0 Å². The van der Waals surface area contributed by atoms with Gasteiger partial charge in [0.1, 0.15) is 18.2 Å². The van der Waals surface area contributed by atoms with Crippen molar-refractivity contribution in [1.82, 2.24) is 14.9 Å². The summed E-state index contributed by atoms with van der Waals surface area (Å²) >= 11 is 0. The van der Waals surface area contributed by atoms with E-state index in [2.05, 4.69) is 19.8 Å². The van der Waals surface area contributed by atoms with E-state index in [9.17, 15) is 0 Å². The lowest BCUT2D eigenvalue weighted by molar-refractivity contribution is 0.177. The Morgan fingerprint density at radius 3 is 3.11 bits per heavy atom. The van der Waals surface area contributed by atoms with Gasteiger partial charge in [0.2, 0.25) is 0 Å². The van der Waals surface area contributed by atoms with Crippen LogP contribution in [0.2, 0.25) is 0 Å². The summed E-state index contributed by atoms with van der Waals surface area (Å²) in [5.41, 5.74) is 5.86. The lowest BCUT2D eigenvalue weighted by atomic mass is 10.1. The number of hydrogen-bond acceptors (Lipinski definition) is 6. The quantitative estimate of drug-likeness (QED) is 0.856. The molecule has 2 fully saturated rings. The van der Waals surface area contributed by atoms with E-state index in [4.69, 9.17) is 10.5 Å². The van der Waals surface area contributed by atoms with Crippen molar-refractivity contribution in [3.05, 3.63) is 11.9 Å². The number of anilines is 2. The van der Waals surface area contributed by atoms with Crippen LogP contribution in [0.3, 0.4) is 0 Å². The van der Waals surface area contributed by atoms with Crippen LogP contribution in [-0.2, 0) is 11.3 Å². The molecular weight excluding hydrogens is 242 g/mol. The van der Waals surface area contributed by atoms with Gasteiger partial charge in [-0.15, -0.1) is 0 Å². The summed E-state index contributed by atoms with van der Waals surface area (Å²) in [7, 11) is 1.64. The van der Waals surface area contributed by atoms with Crippen LogP contribution in [0, 0.1) is 0 Å². The van der Waals surface area contributed by atoms with E-state index in [1.54, 1.807) is 7.11 Å². The van der Waals surface area contributed by atoms with Gasteiger partial charge < -0.3 is 15.4 Å². The molecular formula is C13H21N5O. The highest BCUT2D eigenvalue weighted by atomic mass is 16.5. The van der Waals surface area contributed by atoms with Crippen LogP contribution in [-0.4, -0.2) is 54.2 Å². The standard InChI is InChI=1S/C13H21N5O/c1-19-9-12-15-11(14)7-13(16-12)18-6-5-17-4-2-3-10(17)8-18/h7,10H,2-6,8-9H2,1H3,(H2,14,15,16). The third-order valence-corrected chi connectivity index (χ3v) is 3.96. The summed E-state index contributed by atoms with van der Waals surface area (Å²) in [5, 5.41) is 0. The summed E-state index contributed by atoms with van der Waals surface area (Å²) in [6, 6.07) is 2.54. The number of fused-ring (bicyclic) bond motifs is 1.